The second kappa shape index (κ2) is 4.85. The van der Waals surface area contributed by atoms with Crippen LogP contribution in [0.15, 0.2) is 42.6 Å². The molecule has 0 spiro atoms. The van der Waals surface area contributed by atoms with Crippen LogP contribution in [0.25, 0.3) is 10.9 Å². The molecule has 3 rings (SSSR count). The first-order chi connectivity index (χ1) is 9.97. The van der Waals surface area contributed by atoms with E-state index in [0.717, 1.165) is 16.5 Å². The predicted octanol–water partition coefficient (Wildman–Crippen LogP) is 4.17. The molecule has 1 aromatic heterocycles. The van der Waals surface area contributed by atoms with Crippen LogP contribution < -0.4 is 0 Å². The summed E-state index contributed by atoms with van der Waals surface area (Å²) in [6, 6.07) is 10.5. The number of halogens is 1. The Kier molecular flexibility index (Phi) is 3.13. The molecule has 106 valence electrons. The molecule has 0 unspecified atom stereocenters. The van der Waals surface area contributed by atoms with Gasteiger partial charge >= 0.3 is 0 Å². The zero-order chi connectivity index (χ0) is 15.1. The summed E-state index contributed by atoms with van der Waals surface area (Å²) in [6.45, 7) is 3.69. The largest absolute Gasteiger partial charge is 0.350 e. The molecule has 21 heavy (non-hydrogen) atoms. The Morgan fingerprint density at radius 2 is 1.86 bits per heavy atom. The molecule has 3 aromatic rings. The molecule has 0 radical (unpaired) electrons. The first kappa shape index (κ1) is 13.6. The van der Waals surface area contributed by atoms with Crippen LogP contribution in [0.1, 0.15) is 27.0 Å². The van der Waals surface area contributed by atoms with Gasteiger partial charge in [0.25, 0.3) is 0 Å². The fraction of sp³-hybridized carbons (Fsp3) is 0.167. The second-order valence-electron chi connectivity index (χ2n) is 5.47. The van der Waals surface area contributed by atoms with Crippen LogP contribution in [0, 0.1) is 19.7 Å². The van der Waals surface area contributed by atoms with Crippen molar-refractivity contribution in [2.45, 2.75) is 13.8 Å². The van der Waals surface area contributed by atoms with E-state index >= 15 is 0 Å². The molecular weight excluding hydrogens is 265 g/mol. The summed E-state index contributed by atoms with van der Waals surface area (Å²) >= 11 is 0. The Labute approximate surface area is 122 Å². The average molecular weight is 281 g/mol. The molecule has 1 heterocycles. The monoisotopic (exact) mass is 281 g/mol. The Bertz CT molecular complexity index is 861. The standard InChI is InChI=1S/C18H16FNO/c1-11-4-6-14-15(10-20(3)17(14)8-11)18(21)13-5-7-16(19)12(2)9-13/h4-10H,1-3H3. The molecule has 2 aromatic carbocycles. The van der Waals surface area contributed by atoms with Crippen LogP contribution in [0.4, 0.5) is 4.39 Å². The first-order valence-corrected chi connectivity index (χ1v) is 6.84. The van der Waals surface area contributed by atoms with Gasteiger partial charge in [0.15, 0.2) is 5.78 Å². The van der Waals surface area contributed by atoms with E-state index < -0.39 is 0 Å². The Hall–Kier alpha value is -2.42. The lowest BCUT2D eigenvalue weighted by Crippen LogP contribution is -2.01. The molecular formula is C18H16FNO. The summed E-state index contributed by atoms with van der Waals surface area (Å²) in [5, 5.41) is 0.926. The van der Waals surface area contributed by atoms with Gasteiger partial charge in [-0.15, -0.1) is 0 Å². The van der Waals surface area contributed by atoms with Gasteiger partial charge in [0.05, 0.1) is 0 Å². The number of benzene rings is 2. The summed E-state index contributed by atoms with van der Waals surface area (Å²) in [5.74, 6) is -0.368. The van der Waals surface area contributed by atoms with E-state index in [9.17, 15) is 9.18 Å². The van der Waals surface area contributed by atoms with Gasteiger partial charge in [-0.25, -0.2) is 4.39 Å². The Balaban J connectivity index is 2.15. The van der Waals surface area contributed by atoms with E-state index in [1.807, 2.05) is 36.9 Å². The highest BCUT2D eigenvalue weighted by Crippen LogP contribution is 2.24. The van der Waals surface area contributed by atoms with E-state index in [-0.39, 0.29) is 11.6 Å². The van der Waals surface area contributed by atoms with Crippen molar-refractivity contribution in [3.05, 3.63) is 70.7 Å². The first-order valence-electron chi connectivity index (χ1n) is 6.84. The van der Waals surface area contributed by atoms with Crippen molar-refractivity contribution in [1.82, 2.24) is 4.57 Å². The highest BCUT2D eigenvalue weighted by molar-refractivity contribution is 6.16. The smallest absolute Gasteiger partial charge is 0.195 e. The van der Waals surface area contributed by atoms with Crippen LogP contribution in [0.3, 0.4) is 0 Å². The van der Waals surface area contributed by atoms with Crippen molar-refractivity contribution in [2.75, 3.05) is 0 Å². The van der Waals surface area contributed by atoms with E-state index in [4.69, 9.17) is 0 Å². The molecule has 0 aliphatic heterocycles. The minimum atomic E-state index is -0.292. The average Bonchev–Trinajstić information content (AvgIpc) is 2.78. The molecule has 0 aliphatic rings. The van der Waals surface area contributed by atoms with Gasteiger partial charge < -0.3 is 4.57 Å². The summed E-state index contributed by atoms with van der Waals surface area (Å²) in [4.78, 5) is 12.7. The lowest BCUT2D eigenvalue weighted by Gasteiger charge is -2.02. The number of fused-ring (bicyclic) bond motifs is 1. The number of carbonyl (C=O) groups is 1. The van der Waals surface area contributed by atoms with E-state index in [0.29, 0.717) is 16.7 Å². The highest BCUT2D eigenvalue weighted by Gasteiger charge is 2.16. The topological polar surface area (TPSA) is 22.0 Å². The fourth-order valence-corrected chi connectivity index (χ4v) is 2.62. The molecule has 0 fully saturated rings. The summed E-state index contributed by atoms with van der Waals surface area (Å²) in [5.41, 5.74) is 3.83. The zero-order valence-corrected chi connectivity index (χ0v) is 12.3. The number of nitrogens with zero attached hydrogens (tertiary/aromatic N) is 1. The van der Waals surface area contributed by atoms with Crippen molar-refractivity contribution in [2.24, 2.45) is 7.05 Å². The number of rotatable bonds is 2. The molecule has 0 atom stereocenters. The Morgan fingerprint density at radius 3 is 2.57 bits per heavy atom. The molecule has 0 saturated carbocycles. The third-order valence-electron chi connectivity index (χ3n) is 3.81. The summed E-state index contributed by atoms with van der Waals surface area (Å²) in [6.07, 6.45) is 1.84. The van der Waals surface area contributed by atoms with Crippen molar-refractivity contribution in [3.8, 4) is 0 Å². The van der Waals surface area contributed by atoms with Gasteiger partial charge in [0, 0.05) is 35.3 Å². The molecule has 0 saturated heterocycles. The molecule has 2 nitrogen and oxygen atoms in total. The third kappa shape index (κ3) is 2.25. The SMILES string of the molecule is Cc1ccc2c(C(=O)c3ccc(F)c(C)c3)cn(C)c2c1. The van der Waals surface area contributed by atoms with Gasteiger partial charge in [-0.1, -0.05) is 12.1 Å². The molecule has 0 N–H and O–H groups in total. The maximum absolute atomic E-state index is 13.4. The van der Waals surface area contributed by atoms with E-state index in [2.05, 4.69) is 6.07 Å². The summed E-state index contributed by atoms with van der Waals surface area (Å²) < 4.78 is 15.3. The molecule has 0 aliphatic carbocycles. The maximum Gasteiger partial charge on any atom is 0.195 e. The maximum atomic E-state index is 13.4. The molecule has 0 bridgehead atoms. The lowest BCUT2D eigenvalue weighted by atomic mass is 10.0. The minimum Gasteiger partial charge on any atom is -0.350 e. The van der Waals surface area contributed by atoms with Crippen LogP contribution in [0.2, 0.25) is 0 Å². The third-order valence-corrected chi connectivity index (χ3v) is 3.81. The molecule has 0 amide bonds. The highest BCUT2D eigenvalue weighted by atomic mass is 19.1. The zero-order valence-electron chi connectivity index (χ0n) is 12.3. The number of hydrogen-bond acceptors (Lipinski definition) is 1. The predicted molar refractivity (Wildman–Crippen MR) is 82.2 cm³/mol. The van der Waals surface area contributed by atoms with Crippen molar-refractivity contribution < 1.29 is 9.18 Å². The summed E-state index contributed by atoms with van der Waals surface area (Å²) in [7, 11) is 1.93. The number of aryl methyl sites for hydroxylation is 3. The van der Waals surface area contributed by atoms with Crippen molar-refractivity contribution in [3.63, 3.8) is 0 Å². The quantitative estimate of drug-likeness (QED) is 0.646. The van der Waals surface area contributed by atoms with Gasteiger partial charge in [-0.05, 0) is 49.2 Å². The number of carbonyl (C=O) groups excluding carboxylic acids is 1. The van der Waals surface area contributed by atoms with Crippen LogP contribution in [-0.2, 0) is 7.05 Å². The second-order valence-corrected chi connectivity index (χ2v) is 5.47. The van der Waals surface area contributed by atoms with E-state index in [1.54, 1.807) is 13.0 Å². The van der Waals surface area contributed by atoms with Gasteiger partial charge in [0.1, 0.15) is 5.82 Å². The number of aromatic nitrogens is 1. The minimum absolute atomic E-state index is 0.0763. The van der Waals surface area contributed by atoms with E-state index in [1.165, 1.54) is 12.1 Å². The van der Waals surface area contributed by atoms with Crippen LogP contribution in [0.5, 0.6) is 0 Å². The normalized spacial score (nSPS) is 11.0. The number of hydrogen-bond donors (Lipinski definition) is 0. The van der Waals surface area contributed by atoms with Gasteiger partial charge in [0.2, 0.25) is 0 Å². The lowest BCUT2D eigenvalue weighted by molar-refractivity contribution is 0.104. The van der Waals surface area contributed by atoms with Crippen LogP contribution in [-0.4, -0.2) is 10.4 Å². The van der Waals surface area contributed by atoms with Gasteiger partial charge in [-0.2, -0.15) is 0 Å². The van der Waals surface area contributed by atoms with Crippen molar-refractivity contribution in [1.29, 1.82) is 0 Å². The number of ketones is 1. The van der Waals surface area contributed by atoms with Crippen molar-refractivity contribution >= 4 is 16.7 Å². The Morgan fingerprint density at radius 1 is 1.10 bits per heavy atom. The van der Waals surface area contributed by atoms with Crippen LogP contribution >= 0.6 is 0 Å². The van der Waals surface area contributed by atoms with Gasteiger partial charge in [-0.3, -0.25) is 4.79 Å². The fourth-order valence-electron chi connectivity index (χ4n) is 2.62. The molecule has 3 heteroatoms.